The Bertz CT molecular complexity index is 994. The van der Waals surface area contributed by atoms with Gasteiger partial charge in [-0.1, -0.05) is 55.3 Å². The largest absolute Gasteiger partial charge is 0.488 e. The van der Waals surface area contributed by atoms with Gasteiger partial charge in [-0.25, -0.2) is 10.4 Å². The second-order valence-electron chi connectivity index (χ2n) is 6.52. The maximum Gasteiger partial charge on any atom is 0.252 e. The Kier molecular flexibility index (Phi) is 6.57. The number of ether oxygens (including phenoxy) is 1. The van der Waals surface area contributed by atoms with Crippen molar-refractivity contribution in [3.63, 3.8) is 0 Å². The molecule has 0 atom stereocenters. The molecule has 0 amide bonds. The fourth-order valence-corrected chi connectivity index (χ4v) is 2.67. The molecule has 6 nitrogen and oxygen atoms in total. The van der Waals surface area contributed by atoms with Gasteiger partial charge in [0.2, 0.25) is 5.95 Å². The zero-order valence-electron chi connectivity index (χ0n) is 16.1. The molecule has 0 radical (unpaired) electrons. The zero-order valence-corrected chi connectivity index (χ0v) is 16.1. The van der Waals surface area contributed by atoms with E-state index >= 15 is 0 Å². The minimum absolute atomic E-state index is 0.196. The van der Waals surface area contributed by atoms with Crippen LogP contribution in [0.25, 0.3) is 0 Å². The number of H-pyrrole nitrogens is 1. The lowest BCUT2D eigenvalue weighted by Gasteiger charge is -2.09. The number of nitrogens with one attached hydrogen (secondary N) is 2. The molecule has 0 aliphatic heterocycles. The SMILES string of the molecule is CCCc1cc(=O)[nH]c(N/N=C/c2ccccc2OCc2ccc(C)cc2)n1. The first-order valence-electron chi connectivity index (χ1n) is 9.30. The van der Waals surface area contributed by atoms with Gasteiger partial charge in [0.25, 0.3) is 5.56 Å². The Morgan fingerprint density at radius 1 is 1.18 bits per heavy atom. The van der Waals surface area contributed by atoms with E-state index in [2.05, 4.69) is 51.7 Å². The van der Waals surface area contributed by atoms with Crippen molar-refractivity contribution in [3.05, 3.63) is 87.3 Å². The first-order chi connectivity index (χ1) is 13.6. The van der Waals surface area contributed by atoms with Crippen molar-refractivity contribution >= 4 is 12.2 Å². The zero-order chi connectivity index (χ0) is 19.8. The third kappa shape index (κ3) is 5.54. The predicted molar refractivity (Wildman–Crippen MR) is 112 cm³/mol. The van der Waals surface area contributed by atoms with Crippen molar-refractivity contribution in [1.29, 1.82) is 0 Å². The maximum absolute atomic E-state index is 11.7. The Labute approximate surface area is 164 Å². The standard InChI is InChI=1S/C22H24N4O2/c1-3-6-19-13-21(27)25-22(24-19)26-23-14-18-7-4-5-8-20(18)28-15-17-11-9-16(2)10-12-17/h4-5,7-14H,3,6,15H2,1-2H3,(H2,24,25,26,27)/b23-14+. The molecule has 28 heavy (non-hydrogen) atoms. The second kappa shape index (κ2) is 9.50. The van der Waals surface area contributed by atoms with Gasteiger partial charge in [-0.05, 0) is 31.0 Å². The molecule has 1 heterocycles. The van der Waals surface area contributed by atoms with Crippen LogP contribution in [0.2, 0.25) is 0 Å². The molecule has 3 aromatic rings. The maximum atomic E-state index is 11.7. The van der Waals surface area contributed by atoms with Crippen LogP contribution >= 0.6 is 0 Å². The number of hydrogen-bond donors (Lipinski definition) is 2. The van der Waals surface area contributed by atoms with Crippen molar-refractivity contribution in [2.75, 3.05) is 5.43 Å². The Morgan fingerprint density at radius 2 is 1.96 bits per heavy atom. The Balaban J connectivity index is 1.67. The lowest BCUT2D eigenvalue weighted by Crippen LogP contribution is -2.12. The summed E-state index contributed by atoms with van der Waals surface area (Å²) >= 11 is 0. The third-order valence-electron chi connectivity index (χ3n) is 4.11. The molecule has 0 spiro atoms. The van der Waals surface area contributed by atoms with E-state index < -0.39 is 0 Å². The molecule has 0 saturated heterocycles. The molecule has 0 aliphatic rings. The quantitative estimate of drug-likeness (QED) is 0.459. The number of nitrogens with zero attached hydrogens (tertiary/aromatic N) is 2. The molecule has 0 bridgehead atoms. The van der Waals surface area contributed by atoms with Crippen LogP contribution in [0.5, 0.6) is 5.75 Å². The monoisotopic (exact) mass is 376 g/mol. The van der Waals surface area contributed by atoms with E-state index in [0.717, 1.165) is 35.4 Å². The van der Waals surface area contributed by atoms with Crippen LogP contribution in [0, 0.1) is 6.92 Å². The van der Waals surface area contributed by atoms with Crippen molar-refractivity contribution in [2.24, 2.45) is 5.10 Å². The van der Waals surface area contributed by atoms with Crippen LogP contribution in [-0.4, -0.2) is 16.2 Å². The number of hydrazone groups is 1. The number of rotatable bonds is 8. The molecule has 6 heteroatoms. The van der Waals surface area contributed by atoms with Crippen molar-refractivity contribution in [3.8, 4) is 5.75 Å². The van der Waals surface area contributed by atoms with Crippen LogP contribution in [0.3, 0.4) is 0 Å². The van der Waals surface area contributed by atoms with Crippen LogP contribution in [0.4, 0.5) is 5.95 Å². The van der Waals surface area contributed by atoms with Gasteiger partial charge in [0.05, 0.1) is 6.21 Å². The van der Waals surface area contributed by atoms with Crippen molar-refractivity contribution in [2.45, 2.75) is 33.3 Å². The number of benzene rings is 2. The summed E-state index contributed by atoms with van der Waals surface area (Å²) in [5, 5.41) is 4.19. The van der Waals surface area contributed by atoms with Gasteiger partial charge in [-0.2, -0.15) is 5.10 Å². The predicted octanol–water partition coefficient (Wildman–Crippen LogP) is 4.06. The molecular weight excluding hydrogens is 352 g/mol. The summed E-state index contributed by atoms with van der Waals surface area (Å²) in [5.74, 6) is 1.06. The van der Waals surface area contributed by atoms with Crippen LogP contribution in [0.15, 0.2) is 64.5 Å². The second-order valence-corrected chi connectivity index (χ2v) is 6.52. The first kappa shape index (κ1) is 19.4. The number of aromatic nitrogens is 2. The van der Waals surface area contributed by atoms with E-state index in [1.165, 1.54) is 11.6 Å². The van der Waals surface area contributed by atoms with Gasteiger partial charge in [0.15, 0.2) is 0 Å². The summed E-state index contributed by atoms with van der Waals surface area (Å²) in [6.07, 6.45) is 3.32. The molecule has 1 aromatic heterocycles. The van der Waals surface area contributed by atoms with Gasteiger partial charge in [0, 0.05) is 17.3 Å². The highest BCUT2D eigenvalue weighted by atomic mass is 16.5. The Morgan fingerprint density at radius 3 is 2.75 bits per heavy atom. The third-order valence-corrected chi connectivity index (χ3v) is 4.11. The summed E-state index contributed by atoms with van der Waals surface area (Å²) < 4.78 is 5.94. The molecule has 0 saturated carbocycles. The fourth-order valence-electron chi connectivity index (χ4n) is 2.67. The summed E-state index contributed by atoms with van der Waals surface area (Å²) in [7, 11) is 0. The molecular formula is C22H24N4O2. The highest BCUT2D eigenvalue weighted by molar-refractivity contribution is 5.83. The topological polar surface area (TPSA) is 79.4 Å². The molecule has 0 unspecified atom stereocenters. The number of para-hydroxylation sites is 1. The minimum atomic E-state index is -0.196. The van der Waals surface area contributed by atoms with Gasteiger partial charge in [-0.15, -0.1) is 0 Å². The van der Waals surface area contributed by atoms with E-state index in [-0.39, 0.29) is 5.56 Å². The molecule has 2 N–H and O–H groups in total. The number of aromatic amines is 1. The first-order valence-corrected chi connectivity index (χ1v) is 9.30. The van der Waals surface area contributed by atoms with Crippen LogP contribution in [-0.2, 0) is 13.0 Å². The lowest BCUT2D eigenvalue weighted by atomic mass is 10.1. The van der Waals surface area contributed by atoms with E-state index in [9.17, 15) is 4.79 Å². The molecule has 3 rings (SSSR count). The normalized spacial score (nSPS) is 10.9. The highest BCUT2D eigenvalue weighted by Gasteiger charge is 2.03. The molecule has 0 aliphatic carbocycles. The molecule has 144 valence electrons. The smallest absolute Gasteiger partial charge is 0.252 e. The number of hydrogen-bond acceptors (Lipinski definition) is 5. The van der Waals surface area contributed by atoms with Crippen LogP contribution < -0.4 is 15.7 Å². The minimum Gasteiger partial charge on any atom is -0.488 e. The van der Waals surface area contributed by atoms with Crippen molar-refractivity contribution in [1.82, 2.24) is 9.97 Å². The van der Waals surface area contributed by atoms with Gasteiger partial charge in [-0.3, -0.25) is 9.78 Å². The van der Waals surface area contributed by atoms with Gasteiger partial charge in [0.1, 0.15) is 12.4 Å². The molecule has 0 fully saturated rings. The van der Waals surface area contributed by atoms with Crippen LogP contribution in [0.1, 0.15) is 35.7 Å². The number of aryl methyl sites for hydroxylation is 2. The fraction of sp³-hybridized carbons (Fsp3) is 0.227. The summed E-state index contributed by atoms with van der Waals surface area (Å²) in [5.41, 5.74) is 6.48. The van der Waals surface area contributed by atoms with E-state index in [4.69, 9.17) is 4.74 Å². The van der Waals surface area contributed by atoms with Gasteiger partial charge >= 0.3 is 0 Å². The van der Waals surface area contributed by atoms with Gasteiger partial charge < -0.3 is 4.74 Å². The summed E-state index contributed by atoms with van der Waals surface area (Å²) in [4.78, 5) is 18.7. The molecule has 2 aromatic carbocycles. The van der Waals surface area contributed by atoms with Crippen molar-refractivity contribution < 1.29 is 4.74 Å². The summed E-state index contributed by atoms with van der Waals surface area (Å²) in [6, 6.07) is 17.4. The van der Waals surface area contributed by atoms with E-state index in [0.29, 0.717) is 12.6 Å². The lowest BCUT2D eigenvalue weighted by molar-refractivity contribution is 0.306. The number of anilines is 1. The average Bonchev–Trinajstić information content (AvgIpc) is 2.68. The average molecular weight is 376 g/mol. The highest BCUT2D eigenvalue weighted by Crippen LogP contribution is 2.18. The van der Waals surface area contributed by atoms with E-state index in [1.54, 1.807) is 6.21 Å². The summed E-state index contributed by atoms with van der Waals surface area (Å²) in [6.45, 7) is 4.58. The Hall–Kier alpha value is -3.41. The van der Waals surface area contributed by atoms with E-state index in [1.807, 2.05) is 31.2 Å².